The maximum atomic E-state index is 13.0. The number of para-hydroxylation sites is 1. The highest BCUT2D eigenvalue weighted by Crippen LogP contribution is 2.15. The lowest BCUT2D eigenvalue weighted by molar-refractivity contribution is 0.0601. The van der Waals surface area contributed by atoms with Crippen molar-refractivity contribution >= 4 is 16.9 Å². The molecule has 3 aromatic rings. The number of carbonyl (C=O) groups is 1. The van der Waals surface area contributed by atoms with Gasteiger partial charge in [0.25, 0.3) is 5.56 Å². The van der Waals surface area contributed by atoms with E-state index in [0.29, 0.717) is 23.1 Å². The second kappa shape index (κ2) is 6.39. The minimum atomic E-state index is -0.530. The van der Waals surface area contributed by atoms with E-state index >= 15 is 0 Å². The number of esters is 1. The molecule has 0 saturated carbocycles. The Balaban J connectivity index is 2.46. The monoisotopic (exact) mass is 338 g/mol. The minimum absolute atomic E-state index is 0.268. The zero-order valence-electron chi connectivity index (χ0n) is 14.3. The first-order valence-corrected chi connectivity index (χ1v) is 7.93. The van der Waals surface area contributed by atoms with Crippen molar-refractivity contribution in [1.82, 2.24) is 9.13 Å². The molecule has 3 rings (SSSR count). The molecule has 0 aliphatic rings. The van der Waals surface area contributed by atoms with E-state index < -0.39 is 17.2 Å². The molecule has 2 aromatic carbocycles. The molecule has 25 heavy (non-hydrogen) atoms. The van der Waals surface area contributed by atoms with E-state index in [4.69, 9.17) is 4.74 Å². The molecule has 0 aliphatic heterocycles. The van der Waals surface area contributed by atoms with Crippen LogP contribution in [0, 0.1) is 6.92 Å². The van der Waals surface area contributed by atoms with Crippen LogP contribution in [0.2, 0.25) is 0 Å². The Morgan fingerprint density at radius 3 is 2.48 bits per heavy atom. The SMILES string of the molecule is CCn1c(=O)n(-c2ccccc2C)c(=O)c2cc(C(=O)OC)ccc21. The first kappa shape index (κ1) is 16.7. The number of methoxy groups -OCH3 is 1. The molecule has 0 unspecified atom stereocenters. The van der Waals surface area contributed by atoms with Crippen LogP contribution in [0.5, 0.6) is 0 Å². The number of aromatic nitrogens is 2. The van der Waals surface area contributed by atoms with Crippen molar-refractivity contribution in [2.75, 3.05) is 7.11 Å². The fraction of sp³-hybridized carbons (Fsp3) is 0.211. The van der Waals surface area contributed by atoms with Gasteiger partial charge in [-0.3, -0.25) is 9.36 Å². The predicted octanol–water partition coefficient (Wildman–Crippen LogP) is 2.27. The Hall–Kier alpha value is -3.15. The van der Waals surface area contributed by atoms with Gasteiger partial charge in [-0.1, -0.05) is 18.2 Å². The van der Waals surface area contributed by atoms with Crippen LogP contribution in [0.25, 0.3) is 16.6 Å². The molecule has 0 saturated heterocycles. The summed E-state index contributed by atoms with van der Waals surface area (Å²) in [6, 6.07) is 11.8. The van der Waals surface area contributed by atoms with Crippen molar-refractivity contribution in [2.45, 2.75) is 20.4 Å². The summed E-state index contributed by atoms with van der Waals surface area (Å²) in [5.74, 6) is -0.530. The maximum absolute atomic E-state index is 13.0. The third-order valence-electron chi connectivity index (χ3n) is 4.24. The van der Waals surface area contributed by atoms with Gasteiger partial charge >= 0.3 is 11.7 Å². The summed E-state index contributed by atoms with van der Waals surface area (Å²) in [7, 11) is 1.28. The van der Waals surface area contributed by atoms with Gasteiger partial charge < -0.3 is 4.74 Å². The molecule has 1 aromatic heterocycles. The Bertz CT molecular complexity index is 1090. The number of ether oxygens (including phenoxy) is 1. The molecule has 0 spiro atoms. The van der Waals surface area contributed by atoms with E-state index in [9.17, 15) is 14.4 Å². The molecule has 6 nitrogen and oxygen atoms in total. The van der Waals surface area contributed by atoms with Crippen LogP contribution in [0.3, 0.4) is 0 Å². The number of benzene rings is 2. The molecule has 0 N–H and O–H groups in total. The standard InChI is InChI=1S/C19H18N2O4/c1-4-20-16-10-9-13(18(23)25-3)11-14(16)17(22)21(19(20)24)15-8-6-5-7-12(15)2/h5-11H,4H2,1-3H3. The number of fused-ring (bicyclic) bond motifs is 1. The van der Waals surface area contributed by atoms with E-state index in [1.165, 1.54) is 17.7 Å². The van der Waals surface area contributed by atoms with Gasteiger partial charge in [0.2, 0.25) is 0 Å². The number of nitrogens with zero attached hydrogens (tertiary/aromatic N) is 2. The van der Waals surface area contributed by atoms with E-state index in [1.54, 1.807) is 24.3 Å². The summed E-state index contributed by atoms with van der Waals surface area (Å²) < 4.78 is 7.40. The van der Waals surface area contributed by atoms with Crippen molar-refractivity contribution in [3.8, 4) is 5.69 Å². The van der Waals surface area contributed by atoms with E-state index in [0.717, 1.165) is 10.1 Å². The molecule has 128 valence electrons. The van der Waals surface area contributed by atoms with Gasteiger partial charge in [-0.05, 0) is 43.7 Å². The highest BCUT2D eigenvalue weighted by atomic mass is 16.5. The number of hydrogen-bond donors (Lipinski definition) is 0. The summed E-state index contributed by atoms with van der Waals surface area (Å²) >= 11 is 0. The molecular weight excluding hydrogens is 320 g/mol. The smallest absolute Gasteiger partial charge is 0.337 e. The molecule has 0 amide bonds. The molecule has 0 fully saturated rings. The lowest BCUT2D eigenvalue weighted by Crippen LogP contribution is -2.39. The van der Waals surface area contributed by atoms with Gasteiger partial charge in [-0.15, -0.1) is 0 Å². The van der Waals surface area contributed by atoms with E-state index in [2.05, 4.69) is 0 Å². The molecule has 0 bridgehead atoms. The number of aryl methyl sites for hydroxylation is 2. The lowest BCUT2D eigenvalue weighted by Gasteiger charge is -2.14. The Morgan fingerprint density at radius 2 is 1.84 bits per heavy atom. The first-order chi connectivity index (χ1) is 12.0. The topological polar surface area (TPSA) is 70.3 Å². The van der Waals surface area contributed by atoms with Crippen LogP contribution in [0.15, 0.2) is 52.1 Å². The second-order valence-corrected chi connectivity index (χ2v) is 5.68. The van der Waals surface area contributed by atoms with Gasteiger partial charge in [0, 0.05) is 6.54 Å². The van der Waals surface area contributed by atoms with Crippen LogP contribution < -0.4 is 11.2 Å². The molecular formula is C19H18N2O4. The number of rotatable bonds is 3. The third-order valence-corrected chi connectivity index (χ3v) is 4.24. The van der Waals surface area contributed by atoms with Gasteiger partial charge in [-0.2, -0.15) is 0 Å². The van der Waals surface area contributed by atoms with Crippen LogP contribution in [0.1, 0.15) is 22.8 Å². The van der Waals surface area contributed by atoms with Crippen LogP contribution in [-0.4, -0.2) is 22.2 Å². The molecule has 0 radical (unpaired) electrons. The maximum Gasteiger partial charge on any atom is 0.337 e. The average molecular weight is 338 g/mol. The van der Waals surface area contributed by atoms with Crippen molar-refractivity contribution in [2.24, 2.45) is 0 Å². The van der Waals surface area contributed by atoms with Crippen molar-refractivity contribution in [3.63, 3.8) is 0 Å². The van der Waals surface area contributed by atoms with Crippen LogP contribution >= 0.6 is 0 Å². The van der Waals surface area contributed by atoms with Crippen molar-refractivity contribution in [1.29, 1.82) is 0 Å². The average Bonchev–Trinajstić information content (AvgIpc) is 2.63. The van der Waals surface area contributed by atoms with E-state index in [1.807, 2.05) is 26.0 Å². The number of carbonyl (C=O) groups excluding carboxylic acids is 1. The van der Waals surface area contributed by atoms with Gasteiger partial charge in [0.1, 0.15) is 0 Å². The minimum Gasteiger partial charge on any atom is -0.465 e. The molecule has 1 heterocycles. The second-order valence-electron chi connectivity index (χ2n) is 5.68. The molecule has 0 aliphatic carbocycles. The Morgan fingerprint density at radius 1 is 1.12 bits per heavy atom. The summed E-state index contributed by atoms with van der Waals surface area (Å²) in [4.78, 5) is 37.7. The Kier molecular flexibility index (Phi) is 4.27. The quantitative estimate of drug-likeness (QED) is 0.687. The zero-order chi connectivity index (χ0) is 18.1. The normalized spacial score (nSPS) is 10.8. The first-order valence-electron chi connectivity index (χ1n) is 7.93. The van der Waals surface area contributed by atoms with Gasteiger partial charge in [-0.25, -0.2) is 14.2 Å². The van der Waals surface area contributed by atoms with Gasteiger partial charge in [0.05, 0.1) is 29.3 Å². The lowest BCUT2D eigenvalue weighted by atomic mass is 10.1. The van der Waals surface area contributed by atoms with Crippen molar-refractivity contribution in [3.05, 3.63) is 74.4 Å². The summed E-state index contributed by atoms with van der Waals surface area (Å²) in [5.41, 5.74) is 1.25. The zero-order valence-corrected chi connectivity index (χ0v) is 14.3. The highest BCUT2D eigenvalue weighted by Gasteiger charge is 2.17. The molecule has 0 atom stereocenters. The Labute approximate surface area is 143 Å². The third kappa shape index (κ3) is 2.65. The summed E-state index contributed by atoms with van der Waals surface area (Å²) in [6.07, 6.45) is 0. The summed E-state index contributed by atoms with van der Waals surface area (Å²) in [5, 5.41) is 0.299. The summed E-state index contributed by atoms with van der Waals surface area (Å²) in [6.45, 7) is 4.08. The predicted molar refractivity (Wildman–Crippen MR) is 95.6 cm³/mol. The van der Waals surface area contributed by atoms with E-state index in [-0.39, 0.29) is 5.56 Å². The molecule has 6 heteroatoms. The van der Waals surface area contributed by atoms with Crippen LogP contribution in [-0.2, 0) is 11.3 Å². The largest absolute Gasteiger partial charge is 0.465 e. The number of hydrogen-bond acceptors (Lipinski definition) is 4. The fourth-order valence-electron chi connectivity index (χ4n) is 2.95. The van der Waals surface area contributed by atoms with Gasteiger partial charge in [0.15, 0.2) is 0 Å². The van der Waals surface area contributed by atoms with Crippen molar-refractivity contribution < 1.29 is 9.53 Å². The van der Waals surface area contributed by atoms with Crippen LogP contribution in [0.4, 0.5) is 0 Å². The fourth-order valence-corrected chi connectivity index (χ4v) is 2.95. The highest BCUT2D eigenvalue weighted by molar-refractivity contribution is 5.94.